The summed E-state index contributed by atoms with van der Waals surface area (Å²) >= 11 is 1.62. The van der Waals surface area contributed by atoms with Crippen LogP contribution in [0.3, 0.4) is 0 Å². The molecule has 2 aromatic rings. The molecule has 4 rings (SSSR count). The van der Waals surface area contributed by atoms with Gasteiger partial charge in [-0.2, -0.15) is 0 Å². The second-order valence-electron chi connectivity index (χ2n) is 6.86. The van der Waals surface area contributed by atoms with Crippen molar-refractivity contribution in [1.82, 2.24) is 9.88 Å². The Balaban J connectivity index is 1.42. The highest BCUT2D eigenvalue weighted by molar-refractivity contribution is 7.13. The predicted octanol–water partition coefficient (Wildman–Crippen LogP) is 3.60. The van der Waals surface area contributed by atoms with Crippen molar-refractivity contribution in [3.63, 3.8) is 0 Å². The lowest BCUT2D eigenvalue weighted by atomic mass is 10.2. The Labute approximate surface area is 147 Å². The van der Waals surface area contributed by atoms with E-state index in [2.05, 4.69) is 41.1 Å². The number of amides is 1. The van der Waals surface area contributed by atoms with E-state index in [1.165, 1.54) is 24.1 Å². The maximum Gasteiger partial charge on any atom is 0.265 e. The first-order valence-electron chi connectivity index (χ1n) is 8.70. The third-order valence-electron chi connectivity index (χ3n) is 4.87. The van der Waals surface area contributed by atoms with Crippen LogP contribution in [0.15, 0.2) is 24.3 Å². The van der Waals surface area contributed by atoms with Crippen molar-refractivity contribution in [2.24, 2.45) is 0 Å². The van der Waals surface area contributed by atoms with E-state index in [9.17, 15) is 4.79 Å². The number of anilines is 1. The first-order chi connectivity index (χ1) is 11.6. The number of hydrogen-bond acceptors (Lipinski definition) is 4. The summed E-state index contributed by atoms with van der Waals surface area (Å²) in [5.74, 6) is 0.786. The average molecular weight is 341 g/mol. The van der Waals surface area contributed by atoms with E-state index >= 15 is 0 Å². The molecule has 126 valence electrons. The molecule has 2 heterocycles. The molecule has 0 unspecified atom stereocenters. The van der Waals surface area contributed by atoms with E-state index in [0.29, 0.717) is 5.92 Å². The lowest BCUT2D eigenvalue weighted by Gasteiger charge is -2.36. The van der Waals surface area contributed by atoms with E-state index in [1.807, 2.05) is 11.8 Å². The van der Waals surface area contributed by atoms with Crippen LogP contribution >= 0.6 is 11.3 Å². The van der Waals surface area contributed by atoms with Crippen LogP contribution in [0.2, 0.25) is 0 Å². The molecule has 1 aromatic carbocycles. The van der Waals surface area contributed by atoms with E-state index in [-0.39, 0.29) is 5.91 Å². The molecule has 0 atom stereocenters. The van der Waals surface area contributed by atoms with Crippen LogP contribution in [0.1, 0.15) is 44.7 Å². The van der Waals surface area contributed by atoms with Gasteiger partial charge in [0.25, 0.3) is 5.91 Å². The summed E-state index contributed by atoms with van der Waals surface area (Å²) in [4.78, 5) is 22.7. The Hall–Kier alpha value is -1.88. The van der Waals surface area contributed by atoms with Crippen molar-refractivity contribution in [1.29, 1.82) is 0 Å². The second kappa shape index (κ2) is 6.20. The molecular formula is C19H23N3OS. The highest BCUT2D eigenvalue weighted by Crippen LogP contribution is 2.42. The van der Waals surface area contributed by atoms with Gasteiger partial charge in [-0.1, -0.05) is 12.1 Å². The summed E-state index contributed by atoms with van der Waals surface area (Å²) in [6.45, 7) is 7.43. The number of thiazole rings is 1. The summed E-state index contributed by atoms with van der Waals surface area (Å²) in [5.41, 5.74) is 3.44. The fourth-order valence-electron chi connectivity index (χ4n) is 3.26. The van der Waals surface area contributed by atoms with Gasteiger partial charge < -0.3 is 9.80 Å². The quantitative estimate of drug-likeness (QED) is 0.856. The van der Waals surface area contributed by atoms with Crippen LogP contribution in [-0.4, -0.2) is 42.0 Å². The third-order valence-corrected chi connectivity index (χ3v) is 6.18. The lowest BCUT2D eigenvalue weighted by Crippen LogP contribution is -2.48. The van der Waals surface area contributed by atoms with Gasteiger partial charge in [0.15, 0.2) is 0 Å². The molecule has 0 spiro atoms. The van der Waals surface area contributed by atoms with Crippen molar-refractivity contribution < 1.29 is 4.79 Å². The fourth-order valence-corrected chi connectivity index (χ4v) is 4.46. The van der Waals surface area contributed by atoms with Crippen LogP contribution in [0.25, 0.3) is 0 Å². The molecule has 0 bridgehead atoms. The van der Waals surface area contributed by atoms with Crippen LogP contribution in [0.4, 0.5) is 5.69 Å². The smallest absolute Gasteiger partial charge is 0.265 e. The van der Waals surface area contributed by atoms with Gasteiger partial charge in [-0.3, -0.25) is 4.79 Å². The minimum absolute atomic E-state index is 0.167. The number of aryl methyl sites for hydroxylation is 2. The Morgan fingerprint density at radius 3 is 2.58 bits per heavy atom. The number of carbonyl (C=O) groups excluding carboxylic acids is 1. The van der Waals surface area contributed by atoms with Crippen molar-refractivity contribution in [3.8, 4) is 0 Å². The molecule has 1 amide bonds. The largest absolute Gasteiger partial charge is 0.368 e. The molecule has 2 aliphatic rings. The first kappa shape index (κ1) is 15.6. The van der Waals surface area contributed by atoms with Crippen molar-refractivity contribution in [2.75, 3.05) is 31.1 Å². The number of carbonyl (C=O) groups is 1. The normalized spacial score (nSPS) is 18.1. The average Bonchev–Trinajstić information content (AvgIpc) is 3.37. The van der Waals surface area contributed by atoms with Crippen molar-refractivity contribution >= 4 is 22.9 Å². The summed E-state index contributed by atoms with van der Waals surface area (Å²) in [5, 5.41) is 1.16. The number of benzene rings is 1. The Kier molecular flexibility index (Phi) is 4.04. The number of piperazine rings is 1. The van der Waals surface area contributed by atoms with E-state index < -0.39 is 0 Å². The number of hydrogen-bond donors (Lipinski definition) is 0. The number of nitrogens with zero attached hydrogens (tertiary/aromatic N) is 3. The third kappa shape index (κ3) is 3.05. The molecule has 4 nitrogen and oxygen atoms in total. The minimum atomic E-state index is 0.167. The van der Waals surface area contributed by atoms with Gasteiger partial charge in [-0.25, -0.2) is 4.98 Å². The van der Waals surface area contributed by atoms with Crippen LogP contribution < -0.4 is 4.90 Å². The first-order valence-corrected chi connectivity index (χ1v) is 9.51. The molecule has 1 aliphatic heterocycles. The predicted molar refractivity (Wildman–Crippen MR) is 98.1 cm³/mol. The standard InChI is InChI=1S/C19H23N3OS/c1-13-4-3-5-16(12-13)21-8-10-22(11-9-21)19(23)17-14(2)20-18(24-17)15-6-7-15/h3-5,12,15H,6-11H2,1-2H3. The molecule has 1 saturated carbocycles. The van der Waals surface area contributed by atoms with Crippen LogP contribution in [-0.2, 0) is 0 Å². The number of aromatic nitrogens is 1. The van der Waals surface area contributed by atoms with Gasteiger partial charge in [0, 0.05) is 37.8 Å². The van der Waals surface area contributed by atoms with E-state index in [0.717, 1.165) is 41.8 Å². The van der Waals surface area contributed by atoms with Gasteiger partial charge in [-0.05, 0) is 44.4 Å². The Morgan fingerprint density at radius 1 is 1.17 bits per heavy atom. The molecular weight excluding hydrogens is 318 g/mol. The van der Waals surface area contributed by atoms with E-state index in [4.69, 9.17) is 0 Å². The highest BCUT2D eigenvalue weighted by atomic mass is 32.1. The minimum Gasteiger partial charge on any atom is -0.368 e. The molecule has 1 aliphatic carbocycles. The molecule has 5 heteroatoms. The topological polar surface area (TPSA) is 36.4 Å². The SMILES string of the molecule is Cc1cccc(N2CCN(C(=O)c3sc(C4CC4)nc3C)CC2)c1. The van der Waals surface area contributed by atoms with Gasteiger partial charge in [0.05, 0.1) is 10.7 Å². The summed E-state index contributed by atoms with van der Waals surface area (Å²) in [6.07, 6.45) is 2.46. The monoisotopic (exact) mass is 341 g/mol. The molecule has 0 N–H and O–H groups in total. The zero-order valence-corrected chi connectivity index (χ0v) is 15.1. The van der Waals surface area contributed by atoms with Crippen molar-refractivity contribution in [3.05, 3.63) is 45.4 Å². The van der Waals surface area contributed by atoms with Gasteiger partial charge in [0.2, 0.25) is 0 Å². The highest BCUT2D eigenvalue weighted by Gasteiger charge is 2.31. The molecule has 0 radical (unpaired) electrons. The second-order valence-corrected chi connectivity index (χ2v) is 7.89. The number of rotatable bonds is 3. The molecule has 2 fully saturated rings. The molecule has 24 heavy (non-hydrogen) atoms. The van der Waals surface area contributed by atoms with Crippen molar-refractivity contribution in [2.45, 2.75) is 32.6 Å². The molecule has 1 aromatic heterocycles. The van der Waals surface area contributed by atoms with Gasteiger partial charge >= 0.3 is 0 Å². The van der Waals surface area contributed by atoms with Gasteiger partial charge in [-0.15, -0.1) is 11.3 Å². The summed E-state index contributed by atoms with van der Waals surface area (Å²) < 4.78 is 0. The zero-order chi connectivity index (χ0) is 16.7. The summed E-state index contributed by atoms with van der Waals surface area (Å²) in [7, 11) is 0. The Bertz CT molecular complexity index is 758. The summed E-state index contributed by atoms with van der Waals surface area (Å²) in [6, 6.07) is 8.59. The van der Waals surface area contributed by atoms with Crippen LogP contribution in [0.5, 0.6) is 0 Å². The fraction of sp³-hybridized carbons (Fsp3) is 0.474. The molecule has 1 saturated heterocycles. The lowest BCUT2D eigenvalue weighted by molar-refractivity contribution is 0.0750. The Morgan fingerprint density at radius 2 is 1.92 bits per heavy atom. The van der Waals surface area contributed by atoms with Crippen LogP contribution in [0, 0.1) is 13.8 Å². The van der Waals surface area contributed by atoms with Gasteiger partial charge in [0.1, 0.15) is 4.88 Å². The maximum atomic E-state index is 12.9. The maximum absolute atomic E-state index is 12.9. The van der Waals surface area contributed by atoms with E-state index in [1.54, 1.807) is 11.3 Å². The zero-order valence-electron chi connectivity index (χ0n) is 14.3.